The number of nitrogens with zero attached hydrogens (tertiary/aromatic N) is 4. The lowest BCUT2D eigenvalue weighted by Crippen LogP contribution is -2.40. The molecule has 0 radical (unpaired) electrons. The van der Waals surface area contributed by atoms with E-state index in [0.29, 0.717) is 46.7 Å². The molecule has 50 heavy (non-hydrogen) atoms. The van der Waals surface area contributed by atoms with Crippen LogP contribution in [0.15, 0.2) is 71.9 Å². The molecule has 256 valence electrons. The molecule has 0 aliphatic carbocycles. The van der Waals surface area contributed by atoms with Gasteiger partial charge in [0, 0.05) is 47.2 Å². The number of rotatable bonds is 8. The number of aromatic nitrogens is 1. The molecule has 0 unspecified atom stereocenters. The molecule has 0 atom stereocenters. The quantitative estimate of drug-likeness (QED) is 0.0603. The second kappa shape index (κ2) is 16.8. The van der Waals surface area contributed by atoms with Crippen molar-refractivity contribution in [2.75, 3.05) is 30.4 Å². The second-order valence-corrected chi connectivity index (χ2v) is 11.6. The number of piperidine rings is 1. The molecule has 14 heteroatoms. The van der Waals surface area contributed by atoms with Crippen LogP contribution in [-0.2, 0) is 9.59 Å². The lowest BCUT2D eigenvalue weighted by atomic mass is 9.91. The third kappa shape index (κ3) is 8.10. The van der Waals surface area contributed by atoms with E-state index >= 15 is 0 Å². The highest BCUT2D eigenvalue weighted by atomic mass is 35.5. The third-order valence-electron chi connectivity index (χ3n) is 8.05. The van der Waals surface area contributed by atoms with Crippen LogP contribution in [-0.4, -0.2) is 59.0 Å². The first-order valence-electron chi connectivity index (χ1n) is 15.1. The monoisotopic (exact) mass is 698 g/mol. The van der Waals surface area contributed by atoms with E-state index in [-0.39, 0.29) is 45.7 Å². The molecule has 1 aliphatic rings. The van der Waals surface area contributed by atoms with Gasteiger partial charge in [0.2, 0.25) is 0 Å². The van der Waals surface area contributed by atoms with E-state index < -0.39 is 11.7 Å². The van der Waals surface area contributed by atoms with Gasteiger partial charge < -0.3 is 25.2 Å². The first kappa shape index (κ1) is 36.7. The van der Waals surface area contributed by atoms with Crippen molar-refractivity contribution >= 4 is 41.1 Å². The van der Waals surface area contributed by atoms with E-state index in [0.717, 1.165) is 18.5 Å². The zero-order chi connectivity index (χ0) is 36.4. The Kier molecular flexibility index (Phi) is 12.3. The fraction of sp³-hybridized carbons (Fsp3) is 0.194. The molecular weight excluding hydrogens is 667 g/mol. The Labute approximate surface area is 292 Å². The van der Waals surface area contributed by atoms with Gasteiger partial charge in [-0.1, -0.05) is 35.9 Å². The number of allylic oxidation sites excluding steroid dienone is 1. The number of nitriles is 2. The summed E-state index contributed by atoms with van der Waals surface area (Å²) in [5, 5.41) is 49.9. The van der Waals surface area contributed by atoms with E-state index in [1.54, 1.807) is 48.9 Å². The predicted molar refractivity (Wildman–Crippen MR) is 185 cm³/mol. The van der Waals surface area contributed by atoms with E-state index in [4.69, 9.17) is 36.4 Å². The number of carbonyl (C=O) groups is 2. The minimum atomic E-state index is -0.711. The van der Waals surface area contributed by atoms with Gasteiger partial charge in [-0.15, -0.1) is 0 Å². The van der Waals surface area contributed by atoms with Gasteiger partial charge in [-0.2, -0.15) is 10.5 Å². The van der Waals surface area contributed by atoms with Gasteiger partial charge in [-0.3, -0.25) is 14.8 Å². The number of methoxy groups -OCH3 is 1. The van der Waals surface area contributed by atoms with Crippen LogP contribution in [0.25, 0.3) is 27.8 Å². The van der Waals surface area contributed by atoms with Gasteiger partial charge >= 0.3 is 0 Å². The minimum Gasteiger partial charge on any atom is -0.504 e. The molecule has 2 heterocycles. The average molecular weight is 699 g/mol. The Morgan fingerprint density at radius 1 is 1.08 bits per heavy atom. The van der Waals surface area contributed by atoms with Gasteiger partial charge in [0.15, 0.2) is 11.5 Å². The van der Waals surface area contributed by atoms with E-state index in [1.807, 2.05) is 23.1 Å². The Morgan fingerprint density at radius 2 is 1.74 bits per heavy atom. The Balaban J connectivity index is 0.00000181. The van der Waals surface area contributed by atoms with Crippen LogP contribution in [0, 0.1) is 28.5 Å². The van der Waals surface area contributed by atoms with Gasteiger partial charge in [-0.05, 0) is 72.9 Å². The van der Waals surface area contributed by atoms with Crippen LogP contribution in [0.2, 0.25) is 0 Å². The minimum absolute atomic E-state index is 0.101. The normalized spacial score (nSPS) is 13.1. The molecule has 5 N–H and O–H groups in total. The van der Waals surface area contributed by atoms with Crippen LogP contribution in [0.3, 0.4) is 0 Å². The van der Waals surface area contributed by atoms with Crippen molar-refractivity contribution in [2.24, 2.45) is 0 Å². The fourth-order valence-electron chi connectivity index (χ4n) is 5.73. The highest BCUT2D eigenvalue weighted by molar-refractivity contribution is 6.38. The van der Waals surface area contributed by atoms with Gasteiger partial charge in [-0.25, -0.2) is 14.9 Å². The van der Waals surface area contributed by atoms with E-state index in [2.05, 4.69) is 11.4 Å². The number of hydroxylamine groups is 1. The van der Waals surface area contributed by atoms with E-state index in [9.17, 15) is 24.8 Å². The number of carboxylic acid groups (broad SMARTS) is 1. The molecule has 0 bridgehead atoms. The maximum atomic E-state index is 14.9. The van der Waals surface area contributed by atoms with Crippen molar-refractivity contribution < 1.29 is 34.1 Å². The van der Waals surface area contributed by atoms with Crippen LogP contribution in [0.5, 0.6) is 11.5 Å². The van der Waals surface area contributed by atoms with Crippen LogP contribution in [0.1, 0.15) is 36.5 Å². The number of anilines is 2. The SMILES string of the molecule is COc1ccc(-c2cnc(N3CCC(Nc4ccc(C(C(=O)NO)=C(C)Cl)cc4)CC3)c(C#N)c2-c2ccc(C#N)c(F)c2)cc1O.O=CO. The molecule has 1 amide bonds. The zero-order valence-corrected chi connectivity index (χ0v) is 27.7. The summed E-state index contributed by atoms with van der Waals surface area (Å²) in [5.41, 5.74) is 5.21. The van der Waals surface area contributed by atoms with Crippen LogP contribution < -0.4 is 20.4 Å². The molecule has 5 rings (SSSR count). The Bertz CT molecular complexity index is 2000. The number of hydrogen-bond donors (Lipinski definition) is 5. The fourth-order valence-corrected chi connectivity index (χ4v) is 5.93. The summed E-state index contributed by atoms with van der Waals surface area (Å²) < 4.78 is 20.0. The Morgan fingerprint density at radius 3 is 2.28 bits per heavy atom. The number of amides is 1. The summed E-state index contributed by atoms with van der Waals surface area (Å²) in [6, 6.07) is 20.4. The molecule has 12 nitrogen and oxygen atoms in total. The first-order valence-corrected chi connectivity index (χ1v) is 15.5. The summed E-state index contributed by atoms with van der Waals surface area (Å²) in [4.78, 5) is 27.1. The maximum absolute atomic E-state index is 14.9. The second-order valence-electron chi connectivity index (χ2n) is 11.0. The summed E-state index contributed by atoms with van der Waals surface area (Å²) >= 11 is 6.07. The van der Waals surface area contributed by atoms with E-state index in [1.165, 1.54) is 25.3 Å². The summed E-state index contributed by atoms with van der Waals surface area (Å²) in [7, 11) is 1.44. The summed E-state index contributed by atoms with van der Waals surface area (Å²) in [6.07, 6.45) is 3.06. The molecular formula is C36H32ClFN6O6. The van der Waals surface area contributed by atoms with Gasteiger partial charge in [0.1, 0.15) is 29.3 Å². The highest BCUT2D eigenvalue weighted by Gasteiger charge is 2.26. The summed E-state index contributed by atoms with van der Waals surface area (Å²) in [6.45, 7) is 2.48. The average Bonchev–Trinajstić information content (AvgIpc) is 3.12. The largest absolute Gasteiger partial charge is 0.504 e. The number of phenols is 1. The molecule has 1 aromatic heterocycles. The molecule has 0 spiro atoms. The standard InChI is InChI=1S/C35H30ClFN6O4.CH2O2/c1-20(36)32(35(45)42-46)21-5-8-25(9-6-21)41-26-11-13-43(14-12-26)34-27(18-39)33(23-3-4-24(17-38)29(37)15-23)28(19-40-34)22-7-10-31(47-2)30(44)16-22;2-1-3/h3-10,15-16,19,26,41,44,46H,11-14H2,1-2H3,(H,42,45);1H,(H,2,3). The number of nitrogens with one attached hydrogen (secondary N) is 2. The van der Waals surface area contributed by atoms with Crippen LogP contribution in [0.4, 0.5) is 15.9 Å². The lowest BCUT2D eigenvalue weighted by Gasteiger charge is -2.34. The smallest absolute Gasteiger partial charge is 0.290 e. The number of aromatic hydroxyl groups is 1. The number of phenolic OH excluding ortho intramolecular Hbond substituents is 1. The van der Waals surface area contributed by atoms with Crippen molar-refractivity contribution in [1.82, 2.24) is 10.5 Å². The number of hydrogen-bond acceptors (Lipinski definition) is 10. The molecule has 1 aliphatic heterocycles. The molecule has 3 aromatic carbocycles. The number of benzene rings is 3. The zero-order valence-electron chi connectivity index (χ0n) is 26.9. The van der Waals surface area contributed by atoms with Crippen molar-refractivity contribution in [3.05, 3.63) is 94.4 Å². The van der Waals surface area contributed by atoms with Crippen molar-refractivity contribution in [3.63, 3.8) is 0 Å². The highest BCUT2D eigenvalue weighted by Crippen LogP contribution is 2.41. The van der Waals surface area contributed by atoms with Crippen LogP contribution >= 0.6 is 11.6 Å². The molecule has 1 saturated heterocycles. The van der Waals surface area contributed by atoms with Crippen molar-refractivity contribution in [2.45, 2.75) is 25.8 Å². The van der Waals surface area contributed by atoms with Gasteiger partial charge in [0.25, 0.3) is 12.4 Å². The molecule has 4 aromatic rings. The van der Waals surface area contributed by atoms with Gasteiger partial charge in [0.05, 0.1) is 18.2 Å². The number of ether oxygens (including phenoxy) is 1. The number of carbonyl (C=O) groups excluding carboxylic acids is 1. The maximum Gasteiger partial charge on any atom is 0.290 e. The Hall–Kier alpha value is -6.15. The molecule has 1 fully saturated rings. The summed E-state index contributed by atoms with van der Waals surface area (Å²) in [5.74, 6) is -0.779. The number of halogens is 2. The molecule has 0 saturated carbocycles. The third-order valence-corrected chi connectivity index (χ3v) is 8.24. The first-order chi connectivity index (χ1) is 24.1. The number of pyridine rings is 1. The van der Waals surface area contributed by atoms with Crippen molar-refractivity contribution in [3.8, 4) is 45.9 Å². The topological polar surface area (TPSA) is 192 Å². The van der Waals surface area contributed by atoms with Crippen molar-refractivity contribution in [1.29, 1.82) is 10.5 Å². The lowest BCUT2D eigenvalue weighted by molar-refractivity contribution is -0.123. The predicted octanol–water partition coefficient (Wildman–Crippen LogP) is 6.27.